The fourth-order valence-corrected chi connectivity index (χ4v) is 1.33. The number of ether oxygens (including phenoxy) is 1. The van der Waals surface area contributed by atoms with Crippen LogP contribution in [0.1, 0.15) is 32.6 Å². The van der Waals surface area contributed by atoms with Crippen molar-refractivity contribution in [2.45, 2.75) is 44.8 Å². The first kappa shape index (κ1) is 7.56. The zero-order valence-corrected chi connectivity index (χ0v) is 6.34. The minimum absolute atomic E-state index is 0.231. The van der Waals surface area contributed by atoms with Crippen LogP contribution in [0, 0.1) is 11.3 Å². The van der Waals surface area contributed by atoms with Crippen LogP contribution in [0.15, 0.2) is 0 Å². The Morgan fingerprint density at radius 1 is 1.50 bits per heavy atom. The molecule has 0 saturated carbocycles. The summed E-state index contributed by atoms with van der Waals surface area (Å²) in [5.41, 5.74) is 0. The van der Waals surface area contributed by atoms with Gasteiger partial charge in [0.05, 0.1) is 24.7 Å². The largest absolute Gasteiger partial charge is 0.374 e. The van der Waals surface area contributed by atoms with Crippen LogP contribution in [0.4, 0.5) is 0 Å². The first-order valence-corrected chi connectivity index (χ1v) is 3.89. The molecular formula is C8H13NO. The third-order valence-corrected chi connectivity index (χ3v) is 1.97. The van der Waals surface area contributed by atoms with Crippen molar-refractivity contribution in [1.29, 1.82) is 5.26 Å². The average Bonchev–Trinajstić information content (AvgIpc) is 2.37. The van der Waals surface area contributed by atoms with Gasteiger partial charge >= 0.3 is 0 Å². The number of hydrogen-bond donors (Lipinski definition) is 0. The molecule has 0 aromatic rings. The van der Waals surface area contributed by atoms with Gasteiger partial charge in [-0.1, -0.05) is 6.92 Å². The summed E-state index contributed by atoms with van der Waals surface area (Å²) < 4.78 is 5.53. The molecule has 1 saturated heterocycles. The molecule has 2 heteroatoms. The fourth-order valence-electron chi connectivity index (χ4n) is 1.33. The van der Waals surface area contributed by atoms with E-state index in [1.165, 1.54) is 0 Å². The third kappa shape index (κ3) is 1.71. The molecule has 0 radical (unpaired) electrons. The van der Waals surface area contributed by atoms with E-state index in [1.807, 2.05) is 0 Å². The molecule has 1 heterocycles. The number of nitrogens with zero attached hydrogens (tertiary/aromatic N) is 1. The fraction of sp³-hybridized carbons (Fsp3) is 0.875. The molecule has 1 rings (SSSR count). The van der Waals surface area contributed by atoms with Gasteiger partial charge < -0.3 is 4.74 Å². The maximum atomic E-state index is 8.36. The van der Waals surface area contributed by atoms with Crippen molar-refractivity contribution in [3.8, 4) is 6.07 Å². The number of rotatable bonds is 2. The lowest BCUT2D eigenvalue weighted by Crippen LogP contribution is -2.08. The summed E-state index contributed by atoms with van der Waals surface area (Å²) in [5.74, 6) is 0. The predicted octanol–water partition coefficient (Wildman–Crippen LogP) is 1.86. The van der Waals surface area contributed by atoms with E-state index >= 15 is 0 Å². The Bertz CT molecular complexity index is 139. The minimum Gasteiger partial charge on any atom is -0.374 e. The van der Waals surface area contributed by atoms with Gasteiger partial charge in [-0.2, -0.15) is 5.26 Å². The summed E-state index contributed by atoms with van der Waals surface area (Å²) in [6, 6.07) is 2.13. The van der Waals surface area contributed by atoms with E-state index in [2.05, 4.69) is 13.0 Å². The summed E-state index contributed by atoms with van der Waals surface area (Å²) in [6.45, 7) is 2.12. The third-order valence-electron chi connectivity index (χ3n) is 1.97. The van der Waals surface area contributed by atoms with Crippen LogP contribution in [0.3, 0.4) is 0 Å². The molecule has 0 N–H and O–H groups in total. The van der Waals surface area contributed by atoms with E-state index in [-0.39, 0.29) is 6.10 Å². The first-order chi connectivity index (χ1) is 4.86. The van der Waals surface area contributed by atoms with Gasteiger partial charge in [0, 0.05) is 0 Å². The Labute approximate surface area is 61.8 Å². The van der Waals surface area contributed by atoms with Crippen LogP contribution in [0.25, 0.3) is 0 Å². The van der Waals surface area contributed by atoms with Crippen molar-refractivity contribution in [3.63, 3.8) is 0 Å². The lowest BCUT2D eigenvalue weighted by atomic mass is 10.1. The second-order valence-corrected chi connectivity index (χ2v) is 2.73. The second-order valence-electron chi connectivity index (χ2n) is 2.73. The van der Waals surface area contributed by atoms with Crippen LogP contribution in [0.2, 0.25) is 0 Å². The summed E-state index contributed by atoms with van der Waals surface area (Å²) in [4.78, 5) is 0. The number of hydrogen-bond acceptors (Lipinski definition) is 2. The van der Waals surface area contributed by atoms with E-state index in [0.717, 1.165) is 19.3 Å². The smallest absolute Gasteiger partial charge is 0.0709 e. The van der Waals surface area contributed by atoms with E-state index in [0.29, 0.717) is 12.5 Å². The van der Waals surface area contributed by atoms with Gasteiger partial charge in [0.2, 0.25) is 0 Å². The molecule has 56 valence electrons. The molecule has 0 amide bonds. The highest BCUT2D eigenvalue weighted by Crippen LogP contribution is 2.23. The van der Waals surface area contributed by atoms with Gasteiger partial charge in [-0.05, 0) is 19.3 Å². The van der Waals surface area contributed by atoms with E-state index in [4.69, 9.17) is 10.00 Å². The Morgan fingerprint density at radius 3 is 2.70 bits per heavy atom. The molecule has 0 aliphatic carbocycles. The van der Waals surface area contributed by atoms with Gasteiger partial charge in [-0.25, -0.2) is 0 Å². The second kappa shape index (κ2) is 3.58. The quantitative estimate of drug-likeness (QED) is 0.585. The summed E-state index contributed by atoms with van der Waals surface area (Å²) in [7, 11) is 0. The van der Waals surface area contributed by atoms with Gasteiger partial charge in [0.15, 0.2) is 0 Å². The molecule has 0 spiro atoms. The zero-order chi connectivity index (χ0) is 7.40. The van der Waals surface area contributed by atoms with Crippen molar-refractivity contribution < 1.29 is 4.74 Å². The van der Waals surface area contributed by atoms with Crippen LogP contribution >= 0.6 is 0 Å². The molecule has 1 aliphatic heterocycles. The van der Waals surface area contributed by atoms with Crippen LogP contribution < -0.4 is 0 Å². The molecular weight excluding hydrogens is 126 g/mol. The van der Waals surface area contributed by atoms with Crippen LogP contribution in [0.5, 0.6) is 0 Å². The van der Waals surface area contributed by atoms with Crippen LogP contribution in [-0.4, -0.2) is 12.2 Å². The van der Waals surface area contributed by atoms with Crippen molar-refractivity contribution in [2.24, 2.45) is 0 Å². The van der Waals surface area contributed by atoms with Crippen molar-refractivity contribution in [2.75, 3.05) is 0 Å². The lowest BCUT2D eigenvalue weighted by Gasteiger charge is -2.07. The molecule has 1 fully saturated rings. The first-order valence-electron chi connectivity index (χ1n) is 3.89. The van der Waals surface area contributed by atoms with Gasteiger partial charge in [-0.15, -0.1) is 0 Å². The van der Waals surface area contributed by atoms with Crippen molar-refractivity contribution in [3.05, 3.63) is 0 Å². The molecule has 10 heavy (non-hydrogen) atoms. The molecule has 1 aliphatic rings. The zero-order valence-electron chi connectivity index (χ0n) is 6.34. The highest BCUT2D eigenvalue weighted by atomic mass is 16.5. The summed E-state index contributed by atoms with van der Waals surface area (Å²) in [5, 5.41) is 8.36. The van der Waals surface area contributed by atoms with Crippen molar-refractivity contribution in [1.82, 2.24) is 0 Å². The van der Waals surface area contributed by atoms with Gasteiger partial charge in [-0.3, -0.25) is 0 Å². The predicted molar refractivity (Wildman–Crippen MR) is 38.4 cm³/mol. The van der Waals surface area contributed by atoms with Crippen molar-refractivity contribution >= 4 is 0 Å². The normalized spacial score (nSPS) is 32.0. The summed E-state index contributed by atoms with van der Waals surface area (Å²) in [6.07, 6.45) is 4.53. The highest BCUT2D eigenvalue weighted by Gasteiger charge is 2.22. The lowest BCUT2D eigenvalue weighted by molar-refractivity contribution is 0.0462. The minimum atomic E-state index is 0.231. The molecule has 0 bridgehead atoms. The van der Waals surface area contributed by atoms with Gasteiger partial charge in [0.25, 0.3) is 0 Å². The SMILES string of the molecule is CCC1CCC(CC#N)O1. The Balaban J connectivity index is 2.23. The average molecular weight is 139 g/mol. The Kier molecular flexibility index (Phi) is 2.70. The molecule has 2 atom stereocenters. The van der Waals surface area contributed by atoms with Crippen LogP contribution in [-0.2, 0) is 4.74 Å². The molecule has 0 aromatic carbocycles. The standard InChI is InChI=1S/C8H13NO/c1-2-7-3-4-8(10-7)5-6-9/h7-8H,2-5H2,1H3. The Morgan fingerprint density at radius 2 is 2.20 bits per heavy atom. The van der Waals surface area contributed by atoms with E-state index < -0.39 is 0 Å². The number of nitriles is 1. The van der Waals surface area contributed by atoms with E-state index in [1.54, 1.807) is 0 Å². The molecule has 2 nitrogen and oxygen atoms in total. The van der Waals surface area contributed by atoms with Gasteiger partial charge in [0.1, 0.15) is 0 Å². The molecule has 2 unspecified atom stereocenters. The van der Waals surface area contributed by atoms with E-state index in [9.17, 15) is 0 Å². The topological polar surface area (TPSA) is 33.0 Å². The summed E-state index contributed by atoms with van der Waals surface area (Å²) >= 11 is 0. The molecule has 0 aromatic heterocycles. The Hall–Kier alpha value is -0.550. The monoisotopic (exact) mass is 139 g/mol. The maximum absolute atomic E-state index is 8.36. The maximum Gasteiger partial charge on any atom is 0.0709 e. The highest BCUT2D eigenvalue weighted by molar-refractivity contribution is 4.81.